The van der Waals surface area contributed by atoms with E-state index in [1.54, 1.807) is 13.3 Å². The maximum Gasteiger partial charge on any atom is 0.259 e. The minimum Gasteiger partial charge on any atom is -0.385 e. The van der Waals surface area contributed by atoms with Gasteiger partial charge in [-0.05, 0) is 49.8 Å². The monoisotopic (exact) mass is 437 g/mol. The number of aryl methyl sites for hydroxylation is 1. The Kier molecular flexibility index (Phi) is 5.73. The minimum absolute atomic E-state index is 0.0635. The van der Waals surface area contributed by atoms with Crippen LogP contribution in [-0.2, 0) is 11.3 Å². The third-order valence-corrected chi connectivity index (χ3v) is 6.79. The first-order valence-electron chi connectivity index (χ1n) is 11.6. The van der Waals surface area contributed by atoms with E-state index < -0.39 is 0 Å². The number of methoxy groups -OCH3 is 1. The summed E-state index contributed by atoms with van der Waals surface area (Å²) >= 11 is 0. The highest BCUT2D eigenvalue weighted by Gasteiger charge is 2.26. The quantitative estimate of drug-likeness (QED) is 0.574. The molecule has 1 aliphatic carbocycles. The molecule has 170 valence electrons. The Balaban J connectivity index is 1.44. The van der Waals surface area contributed by atoms with Crippen LogP contribution in [0.25, 0.3) is 21.8 Å². The van der Waals surface area contributed by atoms with E-state index in [2.05, 4.69) is 15.0 Å². The van der Waals surface area contributed by atoms with Crippen LogP contribution in [0.15, 0.2) is 23.1 Å². The van der Waals surface area contributed by atoms with Crippen LogP contribution in [0.5, 0.6) is 0 Å². The van der Waals surface area contributed by atoms with Gasteiger partial charge in [-0.15, -0.1) is 0 Å². The van der Waals surface area contributed by atoms with Crippen LogP contribution in [0.1, 0.15) is 35.2 Å². The Morgan fingerprint density at radius 2 is 1.97 bits per heavy atom. The standard InChI is InChI=1S/C24H31N5O3/c1-16-12-21-19(22-20(23(30)26-21)14-25-29(22)15-17-4-5-17)13-18(16)24(31)28-9-7-27(8-10-28)6-3-11-32-2/h12-14,17H,3-11,15H2,1-2H3,(H,26,30). The number of hydrogen-bond acceptors (Lipinski definition) is 5. The molecule has 0 bridgehead atoms. The second kappa shape index (κ2) is 8.67. The predicted molar refractivity (Wildman–Crippen MR) is 124 cm³/mol. The van der Waals surface area contributed by atoms with E-state index in [1.165, 1.54) is 12.8 Å². The lowest BCUT2D eigenvalue weighted by Crippen LogP contribution is -2.49. The number of piperazine rings is 1. The molecule has 1 aliphatic heterocycles. The molecule has 3 heterocycles. The molecule has 8 heteroatoms. The van der Waals surface area contributed by atoms with Crippen molar-refractivity contribution in [2.45, 2.75) is 32.7 Å². The number of nitrogens with zero attached hydrogens (tertiary/aromatic N) is 4. The van der Waals surface area contributed by atoms with Crippen LogP contribution >= 0.6 is 0 Å². The van der Waals surface area contributed by atoms with Crippen LogP contribution < -0.4 is 5.56 Å². The van der Waals surface area contributed by atoms with E-state index in [9.17, 15) is 9.59 Å². The number of amides is 1. The second-order valence-corrected chi connectivity index (χ2v) is 9.18. The molecular weight excluding hydrogens is 406 g/mol. The van der Waals surface area contributed by atoms with E-state index in [-0.39, 0.29) is 11.5 Å². The van der Waals surface area contributed by atoms with Crippen molar-refractivity contribution in [1.29, 1.82) is 0 Å². The first-order chi connectivity index (χ1) is 15.5. The van der Waals surface area contributed by atoms with Gasteiger partial charge in [0.1, 0.15) is 0 Å². The number of benzene rings is 1. The molecule has 1 saturated heterocycles. The summed E-state index contributed by atoms with van der Waals surface area (Å²) in [6, 6.07) is 3.89. The van der Waals surface area contributed by atoms with Gasteiger partial charge in [0.05, 0.1) is 22.6 Å². The lowest BCUT2D eigenvalue weighted by Gasteiger charge is -2.35. The molecule has 0 radical (unpaired) electrons. The van der Waals surface area contributed by atoms with E-state index in [1.807, 2.05) is 28.6 Å². The molecule has 1 amide bonds. The van der Waals surface area contributed by atoms with Crippen molar-refractivity contribution in [2.24, 2.45) is 5.92 Å². The number of H-pyrrole nitrogens is 1. The van der Waals surface area contributed by atoms with Crippen LogP contribution in [0, 0.1) is 12.8 Å². The number of ether oxygens (including phenoxy) is 1. The average Bonchev–Trinajstić information content (AvgIpc) is 3.51. The summed E-state index contributed by atoms with van der Waals surface area (Å²) in [5.74, 6) is 0.702. The van der Waals surface area contributed by atoms with E-state index in [0.717, 1.165) is 74.3 Å². The molecule has 0 unspecified atom stereocenters. The number of aromatic nitrogens is 3. The maximum atomic E-state index is 13.4. The van der Waals surface area contributed by atoms with Gasteiger partial charge < -0.3 is 14.6 Å². The normalized spacial score (nSPS) is 17.5. The summed E-state index contributed by atoms with van der Waals surface area (Å²) in [6.45, 7) is 7.75. The van der Waals surface area contributed by atoms with Crippen LogP contribution in [-0.4, -0.2) is 76.9 Å². The molecule has 1 aromatic carbocycles. The summed E-state index contributed by atoms with van der Waals surface area (Å²) in [5.41, 5.74) is 3.06. The zero-order valence-corrected chi connectivity index (χ0v) is 18.9. The number of rotatable bonds is 7. The Hall–Kier alpha value is -2.71. The maximum absolute atomic E-state index is 13.4. The zero-order chi connectivity index (χ0) is 22.2. The van der Waals surface area contributed by atoms with E-state index in [0.29, 0.717) is 16.9 Å². The van der Waals surface area contributed by atoms with E-state index >= 15 is 0 Å². The van der Waals surface area contributed by atoms with Crippen molar-refractivity contribution in [3.05, 3.63) is 39.8 Å². The third-order valence-electron chi connectivity index (χ3n) is 6.79. The number of carbonyl (C=O) groups is 1. The molecule has 2 aliphatic rings. The minimum atomic E-state index is -0.127. The SMILES string of the molecule is COCCCN1CCN(C(=O)c2cc3c(cc2C)[nH]c(=O)c2cnn(CC4CC4)c23)CC1. The molecular formula is C24H31N5O3. The fourth-order valence-corrected chi connectivity index (χ4v) is 4.72. The highest BCUT2D eigenvalue weighted by molar-refractivity contribution is 6.07. The first-order valence-corrected chi connectivity index (χ1v) is 11.6. The molecule has 8 nitrogen and oxygen atoms in total. The van der Waals surface area contributed by atoms with Crippen LogP contribution in [0.3, 0.4) is 0 Å². The van der Waals surface area contributed by atoms with Crippen molar-refractivity contribution in [2.75, 3.05) is 46.4 Å². The van der Waals surface area contributed by atoms with Gasteiger partial charge in [-0.2, -0.15) is 5.10 Å². The Morgan fingerprint density at radius 1 is 1.19 bits per heavy atom. The lowest BCUT2D eigenvalue weighted by atomic mass is 10.0. The zero-order valence-electron chi connectivity index (χ0n) is 18.9. The number of pyridine rings is 1. The molecule has 0 atom stereocenters. The molecule has 5 rings (SSSR count). The van der Waals surface area contributed by atoms with Crippen LogP contribution in [0.2, 0.25) is 0 Å². The summed E-state index contributed by atoms with van der Waals surface area (Å²) in [7, 11) is 1.73. The fourth-order valence-electron chi connectivity index (χ4n) is 4.72. The van der Waals surface area contributed by atoms with Gasteiger partial charge in [0.25, 0.3) is 11.5 Å². The molecule has 1 saturated carbocycles. The first kappa shape index (κ1) is 21.2. The van der Waals surface area contributed by atoms with Gasteiger partial charge in [0, 0.05) is 63.9 Å². The predicted octanol–water partition coefficient (Wildman–Crippen LogP) is 2.39. The largest absolute Gasteiger partial charge is 0.385 e. The van der Waals surface area contributed by atoms with Gasteiger partial charge in [-0.3, -0.25) is 19.2 Å². The number of hydrogen-bond donors (Lipinski definition) is 1. The molecule has 2 fully saturated rings. The molecule has 0 spiro atoms. The van der Waals surface area contributed by atoms with Gasteiger partial charge >= 0.3 is 0 Å². The third kappa shape index (κ3) is 4.04. The highest BCUT2D eigenvalue weighted by atomic mass is 16.5. The van der Waals surface area contributed by atoms with Gasteiger partial charge in [-0.1, -0.05) is 0 Å². The summed E-state index contributed by atoms with van der Waals surface area (Å²) in [4.78, 5) is 33.4. The molecule has 32 heavy (non-hydrogen) atoms. The number of nitrogens with one attached hydrogen (secondary N) is 1. The Morgan fingerprint density at radius 3 is 2.69 bits per heavy atom. The van der Waals surface area contributed by atoms with Gasteiger partial charge in [-0.25, -0.2) is 0 Å². The van der Waals surface area contributed by atoms with Crippen molar-refractivity contribution in [3.8, 4) is 0 Å². The Labute approximate surface area is 187 Å². The number of aromatic amines is 1. The van der Waals surface area contributed by atoms with Crippen molar-refractivity contribution in [3.63, 3.8) is 0 Å². The lowest BCUT2D eigenvalue weighted by molar-refractivity contribution is 0.0623. The summed E-state index contributed by atoms with van der Waals surface area (Å²) < 4.78 is 7.10. The molecule has 1 N–H and O–H groups in total. The summed E-state index contributed by atoms with van der Waals surface area (Å²) in [6.07, 6.45) is 5.09. The van der Waals surface area contributed by atoms with Crippen molar-refractivity contribution < 1.29 is 9.53 Å². The van der Waals surface area contributed by atoms with E-state index in [4.69, 9.17) is 4.74 Å². The molecule has 2 aromatic heterocycles. The number of fused-ring (bicyclic) bond motifs is 3. The van der Waals surface area contributed by atoms with Crippen LogP contribution in [0.4, 0.5) is 0 Å². The fraction of sp³-hybridized carbons (Fsp3) is 0.542. The van der Waals surface area contributed by atoms with Gasteiger partial charge in [0.2, 0.25) is 0 Å². The number of carbonyl (C=O) groups excluding carboxylic acids is 1. The van der Waals surface area contributed by atoms with Gasteiger partial charge in [0.15, 0.2) is 0 Å². The highest BCUT2D eigenvalue weighted by Crippen LogP contribution is 2.33. The topological polar surface area (TPSA) is 83.5 Å². The van der Waals surface area contributed by atoms with Crippen molar-refractivity contribution >= 4 is 27.7 Å². The van der Waals surface area contributed by atoms with Crippen molar-refractivity contribution in [1.82, 2.24) is 24.6 Å². The summed E-state index contributed by atoms with van der Waals surface area (Å²) in [5, 5.41) is 5.98. The smallest absolute Gasteiger partial charge is 0.259 e. The average molecular weight is 438 g/mol. The molecule has 3 aromatic rings. The Bertz CT molecular complexity index is 1200. The second-order valence-electron chi connectivity index (χ2n) is 9.18.